The average molecular weight is 200 g/mol. The van der Waals surface area contributed by atoms with E-state index in [1.165, 1.54) is 5.75 Å². The molecule has 1 fully saturated rings. The molecule has 2 rings (SSSR count). The molecule has 5 nitrogen and oxygen atoms in total. The third-order valence-electron chi connectivity index (χ3n) is 1.92. The van der Waals surface area contributed by atoms with E-state index in [2.05, 4.69) is 15.1 Å². The number of anilines is 2. The van der Waals surface area contributed by atoms with Crippen LogP contribution in [-0.2, 0) is 0 Å². The van der Waals surface area contributed by atoms with Crippen LogP contribution in [0, 0.1) is 0 Å². The molecule has 0 aromatic carbocycles. The second-order valence-corrected chi connectivity index (χ2v) is 4.10. The van der Waals surface area contributed by atoms with Crippen LogP contribution in [0.3, 0.4) is 0 Å². The molecule has 1 saturated heterocycles. The summed E-state index contributed by atoms with van der Waals surface area (Å²) in [5.41, 5.74) is 5.35. The number of hydrogen-bond acceptors (Lipinski definition) is 6. The Labute approximate surface area is 80.7 Å². The molecule has 0 unspecified atom stereocenters. The Bertz CT molecular complexity index is 269. The topological polar surface area (TPSA) is 68.2 Å². The Morgan fingerprint density at radius 3 is 3.00 bits per heavy atom. The van der Waals surface area contributed by atoms with Crippen molar-refractivity contribution in [2.24, 2.45) is 0 Å². The lowest BCUT2D eigenvalue weighted by Crippen LogP contribution is -2.25. The lowest BCUT2D eigenvalue weighted by atomic mass is 10.4. The van der Waals surface area contributed by atoms with Crippen LogP contribution in [0.4, 0.5) is 12.0 Å². The molecular weight excluding hydrogens is 188 g/mol. The Hall–Kier alpha value is -0.910. The summed E-state index contributed by atoms with van der Waals surface area (Å²) in [4.78, 5) is 2.09. The maximum atomic E-state index is 5.35. The molecule has 1 aromatic heterocycles. The lowest BCUT2D eigenvalue weighted by molar-refractivity contribution is 0.551. The minimum absolute atomic E-state index is 0.145. The molecule has 0 saturated carbocycles. The van der Waals surface area contributed by atoms with E-state index in [-0.39, 0.29) is 6.01 Å². The average Bonchev–Trinajstić information content (AvgIpc) is 2.43. The summed E-state index contributed by atoms with van der Waals surface area (Å²) in [5.74, 6) is 2.32. The van der Waals surface area contributed by atoms with E-state index in [4.69, 9.17) is 10.2 Å². The first-order valence-electron chi connectivity index (χ1n) is 4.28. The van der Waals surface area contributed by atoms with Gasteiger partial charge in [-0.1, -0.05) is 10.2 Å². The molecule has 6 heteroatoms. The first-order valence-corrected chi connectivity index (χ1v) is 5.43. The monoisotopic (exact) mass is 200 g/mol. The first kappa shape index (κ1) is 8.68. The highest BCUT2D eigenvalue weighted by atomic mass is 32.2. The molecule has 1 aliphatic heterocycles. The summed E-state index contributed by atoms with van der Waals surface area (Å²) in [6.07, 6.45) is 1.16. The van der Waals surface area contributed by atoms with Crippen molar-refractivity contribution >= 4 is 23.8 Å². The standard InChI is InChI=1S/C7H12N4OS/c8-6-9-10-7(12-6)11-2-1-4-13-5-3-11/h1-5H2,(H2,8,9). The van der Waals surface area contributed by atoms with Gasteiger partial charge in [-0.05, 0) is 12.2 Å². The van der Waals surface area contributed by atoms with Crippen LogP contribution in [0.1, 0.15) is 6.42 Å². The van der Waals surface area contributed by atoms with E-state index in [9.17, 15) is 0 Å². The van der Waals surface area contributed by atoms with Crippen molar-refractivity contribution in [1.82, 2.24) is 10.2 Å². The number of nitrogen functional groups attached to an aromatic ring is 1. The van der Waals surface area contributed by atoms with Crippen molar-refractivity contribution in [3.05, 3.63) is 0 Å². The third-order valence-corrected chi connectivity index (χ3v) is 2.97. The van der Waals surface area contributed by atoms with Gasteiger partial charge in [0, 0.05) is 18.8 Å². The number of nitrogens with two attached hydrogens (primary N) is 1. The van der Waals surface area contributed by atoms with Crippen molar-refractivity contribution in [2.45, 2.75) is 6.42 Å². The zero-order valence-electron chi connectivity index (χ0n) is 7.27. The molecule has 2 N–H and O–H groups in total. The predicted molar refractivity (Wildman–Crippen MR) is 52.9 cm³/mol. The van der Waals surface area contributed by atoms with Gasteiger partial charge in [-0.15, -0.1) is 0 Å². The van der Waals surface area contributed by atoms with Crippen LogP contribution in [0.5, 0.6) is 0 Å². The van der Waals surface area contributed by atoms with Crippen LogP contribution in [-0.4, -0.2) is 34.8 Å². The zero-order chi connectivity index (χ0) is 9.10. The van der Waals surface area contributed by atoms with Gasteiger partial charge in [0.25, 0.3) is 0 Å². The van der Waals surface area contributed by atoms with Gasteiger partial charge in [0.15, 0.2) is 0 Å². The fourth-order valence-electron chi connectivity index (χ4n) is 1.29. The fourth-order valence-corrected chi connectivity index (χ4v) is 2.18. The third kappa shape index (κ3) is 2.06. The van der Waals surface area contributed by atoms with Crippen LogP contribution >= 0.6 is 11.8 Å². The molecule has 0 bridgehead atoms. The van der Waals surface area contributed by atoms with E-state index in [1.807, 2.05) is 11.8 Å². The van der Waals surface area contributed by atoms with Gasteiger partial charge in [0.05, 0.1) is 0 Å². The second kappa shape index (κ2) is 3.87. The minimum atomic E-state index is 0.145. The van der Waals surface area contributed by atoms with Gasteiger partial charge < -0.3 is 15.1 Å². The maximum Gasteiger partial charge on any atom is 0.319 e. The van der Waals surface area contributed by atoms with Crippen molar-refractivity contribution in [1.29, 1.82) is 0 Å². The van der Waals surface area contributed by atoms with Gasteiger partial charge in [-0.25, -0.2) is 0 Å². The normalized spacial score (nSPS) is 18.6. The molecule has 0 amide bonds. The van der Waals surface area contributed by atoms with Crippen molar-refractivity contribution in [3.8, 4) is 0 Å². The molecule has 0 aliphatic carbocycles. The Balaban J connectivity index is 2.06. The van der Waals surface area contributed by atoms with E-state index in [0.29, 0.717) is 6.01 Å². The van der Waals surface area contributed by atoms with Crippen LogP contribution in [0.2, 0.25) is 0 Å². The van der Waals surface area contributed by atoms with Crippen molar-refractivity contribution in [3.63, 3.8) is 0 Å². The summed E-state index contributed by atoms with van der Waals surface area (Å²) in [6.45, 7) is 1.95. The smallest absolute Gasteiger partial charge is 0.319 e. The largest absolute Gasteiger partial charge is 0.390 e. The van der Waals surface area contributed by atoms with Gasteiger partial charge in [0.1, 0.15) is 0 Å². The molecule has 1 aromatic rings. The van der Waals surface area contributed by atoms with Crippen molar-refractivity contribution < 1.29 is 4.42 Å². The van der Waals surface area contributed by atoms with Crippen LogP contribution in [0.25, 0.3) is 0 Å². The minimum Gasteiger partial charge on any atom is -0.390 e. The predicted octanol–water partition coefficient (Wildman–Crippen LogP) is 0.595. The number of hydrogen-bond donors (Lipinski definition) is 1. The van der Waals surface area contributed by atoms with Gasteiger partial charge >= 0.3 is 12.0 Å². The number of nitrogens with zero attached hydrogens (tertiary/aromatic N) is 3. The fraction of sp³-hybridized carbons (Fsp3) is 0.714. The SMILES string of the molecule is Nc1nnc(N2CCCSCC2)o1. The van der Waals surface area contributed by atoms with E-state index < -0.39 is 0 Å². The molecule has 2 heterocycles. The first-order chi connectivity index (χ1) is 6.36. The number of thioether (sulfide) groups is 1. The Morgan fingerprint density at radius 1 is 1.31 bits per heavy atom. The van der Waals surface area contributed by atoms with Crippen LogP contribution in [0.15, 0.2) is 4.42 Å². The Kier molecular flexibility index (Phi) is 2.58. The van der Waals surface area contributed by atoms with Gasteiger partial charge in [-0.2, -0.15) is 11.8 Å². The molecule has 13 heavy (non-hydrogen) atoms. The summed E-state index contributed by atoms with van der Waals surface area (Å²) in [7, 11) is 0. The summed E-state index contributed by atoms with van der Waals surface area (Å²) in [6, 6.07) is 0.701. The molecule has 72 valence electrons. The summed E-state index contributed by atoms with van der Waals surface area (Å²) in [5, 5.41) is 7.49. The summed E-state index contributed by atoms with van der Waals surface area (Å²) >= 11 is 1.96. The molecule has 0 spiro atoms. The van der Waals surface area contributed by atoms with Gasteiger partial charge in [0.2, 0.25) is 0 Å². The quantitative estimate of drug-likeness (QED) is 0.715. The van der Waals surface area contributed by atoms with Gasteiger partial charge in [-0.3, -0.25) is 0 Å². The van der Waals surface area contributed by atoms with E-state index in [1.54, 1.807) is 0 Å². The molecule has 1 aliphatic rings. The second-order valence-electron chi connectivity index (χ2n) is 2.88. The highest BCUT2D eigenvalue weighted by molar-refractivity contribution is 7.99. The number of rotatable bonds is 1. The van der Waals surface area contributed by atoms with Crippen LogP contribution < -0.4 is 10.6 Å². The van der Waals surface area contributed by atoms with E-state index in [0.717, 1.165) is 25.3 Å². The summed E-state index contributed by atoms with van der Waals surface area (Å²) < 4.78 is 5.15. The molecular formula is C7H12N4OS. The highest BCUT2D eigenvalue weighted by Crippen LogP contribution is 2.17. The van der Waals surface area contributed by atoms with Crippen molar-refractivity contribution in [2.75, 3.05) is 35.2 Å². The Morgan fingerprint density at radius 2 is 2.23 bits per heavy atom. The lowest BCUT2D eigenvalue weighted by Gasteiger charge is -2.15. The zero-order valence-corrected chi connectivity index (χ0v) is 8.09. The number of aromatic nitrogens is 2. The molecule has 0 atom stereocenters. The maximum absolute atomic E-state index is 5.35. The highest BCUT2D eigenvalue weighted by Gasteiger charge is 2.14. The van der Waals surface area contributed by atoms with E-state index >= 15 is 0 Å². The molecule has 0 radical (unpaired) electrons.